The molecule has 61 heavy (non-hydrogen) atoms. The molecule has 2 atom stereocenters. The van der Waals surface area contributed by atoms with Crippen LogP contribution in [0.5, 0.6) is 0 Å². The maximum absolute atomic E-state index is 10.2. The summed E-state index contributed by atoms with van der Waals surface area (Å²) in [4.78, 5) is 4.94. The van der Waals surface area contributed by atoms with Crippen LogP contribution in [0.3, 0.4) is 0 Å². The molecule has 0 saturated heterocycles. The normalized spacial score (nSPS) is 13.3. The summed E-state index contributed by atoms with van der Waals surface area (Å²) >= 11 is 0. The Hall–Kier alpha value is -1.28. The van der Waals surface area contributed by atoms with Crippen molar-refractivity contribution in [3.63, 3.8) is 0 Å². The van der Waals surface area contributed by atoms with E-state index in [1.807, 2.05) is 0 Å². The van der Waals surface area contributed by atoms with Crippen molar-refractivity contribution in [3.05, 3.63) is 48.6 Å². The highest BCUT2D eigenvalue weighted by Crippen LogP contribution is 2.14. The molecule has 0 heterocycles. The average molecular weight is 860 g/mol. The Balaban J connectivity index is 0. The van der Waals surface area contributed by atoms with Gasteiger partial charge in [-0.05, 0) is 116 Å². The van der Waals surface area contributed by atoms with Crippen molar-refractivity contribution < 1.29 is 10.2 Å². The number of aliphatic hydroxyl groups excluding tert-OH is 2. The SMILES string of the molecule is C.CCCCC/C=C\C/C=C/CCCCCCCCN(CCCCCCCCCCCCN(CCCCCCCC/C=C/C/C=C\CCCCC)CC(O)CN)CC(O)CN. The number of nitrogens with two attached hydrogens (primary N) is 2. The highest BCUT2D eigenvalue weighted by atomic mass is 16.3. The summed E-state index contributed by atoms with van der Waals surface area (Å²) in [6, 6.07) is 0. The van der Waals surface area contributed by atoms with Gasteiger partial charge >= 0.3 is 0 Å². The van der Waals surface area contributed by atoms with E-state index in [4.69, 9.17) is 11.5 Å². The predicted octanol–water partition coefficient (Wildman–Crippen LogP) is 14.4. The Bertz CT molecular complexity index is 863. The molecule has 0 aromatic carbocycles. The second-order valence-electron chi connectivity index (χ2n) is 18.1. The lowest BCUT2D eigenvalue weighted by atomic mass is 10.1. The molecule has 0 saturated carbocycles. The van der Waals surface area contributed by atoms with Crippen LogP contribution in [-0.4, -0.2) is 84.6 Å². The smallest absolute Gasteiger partial charge is 0.0789 e. The van der Waals surface area contributed by atoms with Gasteiger partial charge in [0.15, 0.2) is 0 Å². The zero-order valence-corrected chi connectivity index (χ0v) is 40.4. The van der Waals surface area contributed by atoms with Gasteiger partial charge in [-0.25, -0.2) is 0 Å². The van der Waals surface area contributed by atoms with Crippen LogP contribution < -0.4 is 11.5 Å². The number of hydrogen-bond acceptors (Lipinski definition) is 6. The second kappa shape index (κ2) is 53.1. The van der Waals surface area contributed by atoms with Crippen LogP contribution >= 0.6 is 0 Å². The Morgan fingerprint density at radius 3 is 0.820 bits per heavy atom. The molecule has 0 aromatic rings. The van der Waals surface area contributed by atoms with Crippen LogP contribution in [0, 0.1) is 0 Å². The van der Waals surface area contributed by atoms with Crippen molar-refractivity contribution in [3.8, 4) is 0 Å². The second-order valence-corrected chi connectivity index (χ2v) is 18.1. The third kappa shape index (κ3) is 49.6. The summed E-state index contributed by atoms with van der Waals surface area (Å²) in [5.74, 6) is 0. The summed E-state index contributed by atoms with van der Waals surface area (Å²) in [5.41, 5.74) is 11.5. The maximum atomic E-state index is 10.2. The fraction of sp³-hybridized carbons (Fsp3) is 0.855. The van der Waals surface area contributed by atoms with Gasteiger partial charge < -0.3 is 31.5 Å². The number of hydrogen-bond donors (Lipinski definition) is 4. The minimum absolute atomic E-state index is 0. The molecular formula is C55H110N4O2. The molecule has 0 spiro atoms. The number of allylic oxidation sites excluding steroid dienone is 8. The zero-order valence-electron chi connectivity index (χ0n) is 40.4. The molecule has 0 aliphatic carbocycles. The average Bonchev–Trinajstić information content (AvgIpc) is 3.25. The van der Waals surface area contributed by atoms with E-state index >= 15 is 0 Å². The van der Waals surface area contributed by atoms with Crippen LogP contribution in [0.25, 0.3) is 0 Å². The summed E-state index contributed by atoms with van der Waals surface area (Å²) < 4.78 is 0. The number of unbranched alkanes of at least 4 members (excludes halogenated alkanes) is 27. The fourth-order valence-corrected chi connectivity index (χ4v) is 8.07. The van der Waals surface area contributed by atoms with Crippen molar-refractivity contribution in [2.45, 2.75) is 252 Å². The van der Waals surface area contributed by atoms with Crippen LogP contribution in [0.4, 0.5) is 0 Å². The van der Waals surface area contributed by atoms with Crippen LogP contribution in [0.2, 0.25) is 0 Å². The first kappa shape index (κ1) is 61.8. The van der Waals surface area contributed by atoms with Crippen molar-refractivity contribution in [1.29, 1.82) is 0 Å². The van der Waals surface area contributed by atoms with E-state index in [0.717, 1.165) is 52.1 Å². The summed E-state index contributed by atoms with van der Waals surface area (Å²) in [6.07, 6.45) is 61.7. The fourth-order valence-electron chi connectivity index (χ4n) is 8.07. The molecule has 362 valence electrons. The molecule has 0 aliphatic rings. The molecule has 0 aliphatic heterocycles. The Morgan fingerprint density at radius 2 is 0.574 bits per heavy atom. The van der Waals surface area contributed by atoms with Crippen LogP contribution in [0.1, 0.15) is 240 Å². The number of nitrogens with zero attached hydrogens (tertiary/aromatic N) is 2. The maximum Gasteiger partial charge on any atom is 0.0789 e. The summed E-state index contributed by atoms with van der Waals surface area (Å²) in [6.45, 7) is 11.0. The largest absolute Gasteiger partial charge is 0.390 e. The first-order valence-electron chi connectivity index (χ1n) is 26.4. The van der Waals surface area contributed by atoms with Crippen LogP contribution in [0.15, 0.2) is 48.6 Å². The zero-order chi connectivity index (χ0) is 43.7. The van der Waals surface area contributed by atoms with Gasteiger partial charge in [-0.3, -0.25) is 0 Å². The highest BCUT2D eigenvalue weighted by Gasteiger charge is 2.11. The van der Waals surface area contributed by atoms with E-state index in [0.29, 0.717) is 13.1 Å². The third-order valence-electron chi connectivity index (χ3n) is 12.0. The minimum atomic E-state index is -0.407. The van der Waals surface area contributed by atoms with Gasteiger partial charge in [0.05, 0.1) is 12.2 Å². The van der Waals surface area contributed by atoms with E-state index in [1.54, 1.807) is 0 Å². The molecule has 6 heteroatoms. The molecule has 0 rings (SSSR count). The van der Waals surface area contributed by atoms with Gasteiger partial charge in [-0.1, -0.05) is 198 Å². The lowest BCUT2D eigenvalue weighted by molar-refractivity contribution is 0.115. The van der Waals surface area contributed by atoms with Gasteiger partial charge in [0, 0.05) is 26.2 Å². The number of rotatable bonds is 49. The highest BCUT2D eigenvalue weighted by molar-refractivity contribution is 4.93. The number of aliphatic hydroxyl groups is 2. The quantitative estimate of drug-likeness (QED) is 0.0359. The molecule has 6 nitrogen and oxygen atoms in total. The predicted molar refractivity (Wildman–Crippen MR) is 275 cm³/mol. The summed E-state index contributed by atoms with van der Waals surface area (Å²) in [7, 11) is 0. The third-order valence-corrected chi connectivity index (χ3v) is 12.0. The summed E-state index contributed by atoms with van der Waals surface area (Å²) in [5, 5.41) is 20.5. The van der Waals surface area contributed by atoms with Crippen molar-refractivity contribution >= 4 is 0 Å². The van der Waals surface area contributed by atoms with E-state index < -0.39 is 12.2 Å². The molecule has 0 fully saturated rings. The molecule has 0 amide bonds. The lowest BCUT2D eigenvalue weighted by Crippen LogP contribution is -2.37. The minimum Gasteiger partial charge on any atom is -0.390 e. The molecule has 6 N–H and O–H groups in total. The Morgan fingerprint density at radius 1 is 0.344 bits per heavy atom. The van der Waals surface area contributed by atoms with E-state index in [2.05, 4.69) is 72.3 Å². The Labute approximate surface area is 382 Å². The first-order valence-corrected chi connectivity index (χ1v) is 26.4. The van der Waals surface area contributed by atoms with Gasteiger partial charge in [-0.15, -0.1) is 0 Å². The van der Waals surface area contributed by atoms with Crippen molar-refractivity contribution in [2.75, 3.05) is 52.4 Å². The first-order chi connectivity index (χ1) is 29.6. The van der Waals surface area contributed by atoms with Crippen LogP contribution in [-0.2, 0) is 0 Å². The van der Waals surface area contributed by atoms with Gasteiger partial charge in [0.1, 0.15) is 0 Å². The molecular weight excluding hydrogens is 749 g/mol. The monoisotopic (exact) mass is 859 g/mol. The van der Waals surface area contributed by atoms with E-state index in [9.17, 15) is 10.2 Å². The standard InChI is InChI=1S/C54H106N4O2.CH4/c1-3-5-7-9-11-13-15-17-19-21-23-25-29-33-37-41-45-57(51-53(59)49-55)47-43-39-35-31-27-28-32-36-40-44-48-58(52-54(60)50-56)46-42-38-34-30-26-24-22-20-18-16-14-12-10-8-6-4-2;/h11-14,17-20,53-54,59-60H,3-10,15-16,21-52,55-56H2,1-2H3;1H4/b13-11-,14-12-,19-17+,20-18+;. The Kier molecular flexibility index (Phi) is 53.8. The molecule has 2 unspecified atom stereocenters. The topological polar surface area (TPSA) is 99.0 Å². The van der Waals surface area contributed by atoms with E-state index in [-0.39, 0.29) is 7.43 Å². The van der Waals surface area contributed by atoms with Crippen molar-refractivity contribution in [1.82, 2.24) is 9.80 Å². The molecule has 0 radical (unpaired) electrons. The van der Waals surface area contributed by atoms with E-state index in [1.165, 1.54) is 205 Å². The van der Waals surface area contributed by atoms with Gasteiger partial charge in [0.25, 0.3) is 0 Å². The molecule has 0 bridgehead atoms. The molecule has 0 aromatic heterocycles. The van der Waals surface area contributed by atoms with Gasteiger partial charge in [0.2, 0.25) is 0 Å². The lowest BCUT2D eigenvalue weighted by Gasteiger charge is -2.24. The van der Waals surface area contributed by atoms with Crippen molar-refractivity contribution in [2.24, 2.45) is 11.5 Å². The van der Waals surface area contributed by atoms with Gasteiger partial charge in [-0.2, -0.15) is 0 Å².